The summed E-state index contributed by atoms with van der Waals surface area (Å²) in [7, 11) is 1.79. The molecule has 0 bridgehead atoms. The van der Waals surface area contributed by atoms with Gasteiger partial charge in [-0.2, -0.15) is 5.10 Å². The number of nitrogens with zero attached hydrogens (tertiary/aromatic N) is 2. The SMILES string of the molecule is Cl.Cl.Cn1cc(NC(=O)c2ccc(F)c([C@@H]3C[C@H]3NCC3CC3)c2)cn1. The second kappa shape index (κ2) is 8.37. The third-order valence-electron chi connectivity index (χ3n) is 4.78. The van der Waals surface area contributed by atoms with E-state index in [2.05, 4.69) is 15.7 Å². The van der Waals surface area contributed by atoms with Gasteiger partial charge < -0.3 is 10.6 Å². The molecule has 4 rings (SSSR count). The van der Waals surface area contributed by atoms with Crippen molar-refractivity contribution in [2.45, 2.75) is 31.2 Å². The van der Waals surface area contributed by atoms with Gasteiger partial charge in [-0.1, -0.05) is 0 Å². The Labute approximate surface area is 164 Å². The second-order valence-electron chi connectivity index (χ2n) is 6.89. The molecule has 1 aromatic heterocycles. The molecule has 8 heteroatoms. The Hall–Kier alpha value is -1.63. The highest BCUT2D eigenvalue weighted by molar-refractivity contribution is 6.04. The van der Waals surface area contributed by atoms with Crippen molar-refractivity contribution in [1.29, 1.82) is 0 Å². The number of carbonyl (C=O) groups excluding carboxylic acids is 1. The van der Waals surface area contributed by atoms with E-state index in [1.807, 2.05) is 0 Å². The van der Waals surface area contributed by atoms with E-state index in [0.717, 1.165) is 18.9 Å². The second-order valence-corrected chi connectivity index (χ2v) is 6.89. The average molecular weight is 401 g/mol. The zero-order valence-electron chi connectivity index (χ0n) is 14.4. The maximum atomic E-state index is 14.2. The lowest BCUT2D eigenvalue weighted by molar-refractivity contribution is 0.102. The molecule has 2 atom stereocenters. The Balaban J connectivity index is 0.00000121. The minimum Gasteiger partial charge on any atom is -0.319 e. The van der Waals surface area contributed by atoms with Gasteiger partial charge in [-0.05, 0) is 55.5 Å². The van der Waals surface area contributed by atoms with Crippen LogP contribution in [0.2, 0.25) is 0 Å². The number of anilines is 1. The van der Waals surface area contributed by atoms with Gasteiger partial charge in [0.1, 0.15) is 5.82 Å². The van der Waals surface area contributed by atoms with Crippen molar-refractivity contribution >= 4 is 36.4 Å². The van der Waals surface area contributed by atoms with Crippen molar-refractivity contribution in [3.8, 4) is 0 Å². The van der Waals surface area contributed by atoms with E-state index in [4.69, 9.17) is 0 Å². The smallest absolute Gasteiger partial charge is 0.255 e. The fourth-order valence-corrected chi connectivity index (χ4v) is 3.06. The molecule has 1 heterocycles. The molecular weight excluding hydrogens is 378 g/mol. The van der Waals surface area contributed by atoms with E-state index in [0.29, 0.717) is 22.9 Å². The van der Waals surface area contributed by atoms with Gasteiger partial charge in [0, 0.05) is 30.8 Å². The zero-order valence-corrected chi connectivity index (χ0v) is 16.1. The molecule has 2 fully saturated rings. The molecule has 2 saturated carbocycles. The number of hydrogen-bond acceptors (Lipinski definition) is 3. The summed E-state index contributed by atoms with van der Waals surface area (Å²) in [5, 5.41) is 10.3. The van der Waals surface area contributed by atoms with Crippen LogP contribution in [0.1, 0.15) is 41.1 Å². The predicted molar refractivity (Wildman–Crippen MR) is 104 cm³/mol. The number of aromatic nitrogens is 2. The lowest BCUT2D eigenvalue weighted by Crippen LogP contribution is -2.20. The van der Waals surface area contributed by atoms with Crippen molar-refractivity contribution in [1.82, 2.24) is 15.1 Å². The molecule has 5 nitrogen and oxygen atoms in total. The molecule has 0 saturated heterocycles. The number of hydrogen-bond donors (Lipinski definition) is 2. The molecule has 1 amide bonds. The summed E-state index contributed by atoms with van der Waals surface area (Å²) >= 11 is 0. The minimum absolute atomic E-state index is 0. The molecule has 2 aliphatic rings. The lowest BCUT2D eigenvalue weighted by Gasteiger charge is -2.08. The van der Waals surface area contributed by atoms with E-state index in [-0.39, 0.29) is 42.5 Å². The molecule has 142 valence electrons. The first-order chi connectivity index (χ1) is 11.6. The van der Waals surface area contributed by atoms with Crippen LogP contribution in [0.15, 0.2) is 30.6 Å². The molecule has 2 aromatic rings. The zero-order chi connectivity index (χ0) is 16.7. The maximum absolute atomic E-state index is 14.2. The summed E-state index contributed by atoms with van der Waals surface area (Å²) < 4.78 is 15.8. The largest absolute Gasteiger partial charge is 0.319 e. The van der Waals surface area contributed by atoms with Gasteiger partial charge in [-0.15, -0.1) is 24.8 Å². The first-order valence-corrected chi connectivity index (χ1v) is 8.43. The normalized spacial score (nSPS) is 20.7. The summed E-state index contributed by atoms with van der Waals surface area (Å²) in [5.74, 6) is 0.517. The van der Waals surface area contributed by atoms with Crippen LogP contribution in [0, 0.1) is 11.7 Å². The molecule has 0 radical (unpaired) electrons. The highest BCUT2D eigenvalue weighted by Crippen LogP contribution is 2.43. The Kier molecular flexibility index (Phi) is 6.66. The van der Waals surface area contributed by atoms with Crippen LogP contribution in [0.4, 0.5) is 10.1 Å². The van der Waals surface area contributed by atoms with E-state index in [1.165, 1.54) is 25.0 Å². The number of carbonyl (C=O) groups is 1. The van der Waals surface area contributed by atoms with Crippen LogP contribution in [-0.2, 0) is 7.05 Å². The van der Waals surface area contributed by atoms with Crippen molar-refractivity contribution in [2.24, 2.45) is 13.0 Å². The first kappa shape index (κ1) is 20.7. The molecule has 0 unspecified atom stereocenters. The molecule has 2 N–H and O–H groups in total. The number of rotatable bonds is 6. The summed E-state index contributed by atoms with van der Waals surface area (Å²) in [5.41, 5.74) is 1.74. The summed E-state index contributed by atoms with van der Waals surface area (Å²) in [6.45, 7) is 1.03. The van der Waals surface area contributed by atoms with Crippen LogP contribution >= 0.6 is 24.8 Å². The Morgan fingerprint density at radius 2 is 2.12 bits per heavy atom. The first-order valence-electron chi connectivity index (χ1n) is 8.43. The van der Waals surface area contributed by atoms with E-state index in [1.54, 1.807) is 30.2 Å². The average Bonchev–Trinajstić information content (AvgIpc) is 3.46. The van der Waals surface area contributed by atoms with Gasteiger partial charge in [0.2, 0.25) is 0 Å². The van der Waals surface area contributed by atoms with Crippen molar-refractivity contribution in [2.75, 3.05) is 11.9 Å². The van der Waals surface area contributed by atoms with Gasteiger partial charge in [0.15, 0.2) is 0 Å². The Morgan fingerprint density at radius 1 is 1.35 bits per heavy atom. The topological polar surface area (TPSA) is 59.0 Å². The highest BCUT2D eigenvalue weighted by Gasteiger charge is 2.40. The van der Waals surface area contributed by atoms with E-state index in [9.17, 15) is 9.18 Å². The van der Waals surface area contributed by atoms with Crippen LogP contribution in [0.25, 0.3) is 0 Å². The fourth-order valence-electron chi connectivity index (χ4n) is 3.06. The van der Waals surface area contributed by atoms with Crippen molar-refractivity contribution in [3.63, 3.8) is 0 Å². The molecular formula is C18H23Cl2FN4O. The third-order valence-corrected chi connectivity index (χ3v) is 4.78. The van der Waals surface area contributed by atoms with Gasteiger partial charge in [0.05, 0.1) is 11.9 Å². The van der Waals surface area contributed by atoms with Crippen LogP contribution in [-0.4, -0.2) is 28.3 Å². The molecule has 26 heavy (non-hydrogen) atoms. The van der Waals surface area contributed by atoms with Crippen LogP contribution in [0.5, 0.6) is 0 Å². The predicted octanol–water partition coefficient (Wildman–Crippen LogP) is 3.51. The van der Waals surface area contributed by atoms with E-state index >= 15 is 0 Å². The molecule has 0 aliphatic heterocycles. The number of nitrogens with one attached hydrogen (secondary N) is 2. The number of benzene rings is 1. The number of halogens is 3. The van der Waals surface area contributed by atoms with Crippen molar-refractivity contribution in [3.05, 3.63) is 47.5 Å². The summed E-state index contributed by atoms with van der Waals surface area (Å²) in [4.78, 5) is 12.3. The van der Waals surface area contributed by atoms with Gasteiger partial charge >= 0.3 is 0 Å². The quantitative estimate of drug-likeness (QED) is 0.779. The van der Waals surface area contributed by atoms with Gasteiger partial charge in [-0.3, -0.25) is 9.48 Å². The highest BCUT2D eigenvalue weighted by atomic mass is 35.5. The standard InChI is InChI=1S/C18H21FN4O.2ClH/c1-23-10-13(9-21-23)22-18(24)12-4-5-16(19)14(6-12)15-7-17(15)20-8-11-2-3-11;;/h4-6,9-11,15,17,20H,2-3,7-8H2,1H3,(H,22,24);2*1H/t15-,17+;;/m0../s1. The van der Waals surface area contributed by atoms with Crippen molar-refractivity contribution < 1.29 is 9.18 Å². The van der Waals surface area contributed by atoms with Gasteiger partial charge in [-0.25, -0.2) is 4.39 Å². The summed E-state index contributed by atoms with van der Waals surface area (Å²) in [6.07, 6.45) is 6.87. The lowest BCUT2D eigenvalue weighted by atomic mass is 10.1. The van der Waals surface area contributed by atoms with Crippen LogP contribution in [0.3, 0.4) is 0 Å². The number of aryl methyl sites for hydroxylation is 1. The minimum atomic E-state index is -0.243. The molecule has 0 spiro atoms. The molecule has 2 aliphatic carbocycles. The van der Waals surface area contributed by atoms with Crippen LogP contribution < -0.4 is 10.6 Å². The maximum Gasteiger partial charge on any atom is 0.255 e. The fraction of sp³-hybridized carbons (Fsp3) is 0.444. The van der Waals surface area contributed by atoms with Gasteiger partial charge in [0.25, 0.3) is 5.91 Å². The number of amides is 1. The summed E-state index contributed by atoms with van der Waals surface area (Å²) in [6, 6.07) is 4.95. The Morgan fingerprint density at radius 3 is 2.77 bits per heavy atom. The monoisotopic (exact) mass is 400 g/mol. The Bertz CT molecular complexity index is 778. The van der Waals surface area contributed by atoms with E-state index < -0.39 is 0 Å². The molecule has 1 aromatic carbocycles. The third kappa shape index (κ3) is 4.75.